The van der Waals surface area contributed by atoms with Crippen LogP contribution in [0.1, 0.15) is 12.0 Å². The van der Waals surface area contributed by atoms with Gasteiger partial charge in [-0.25, -0.2) is 4.39 Å². The molecule has 170 valence electrons. The molecule has 2 aliphatic heterocycles. The molecule has 0 saturated carbocycles. The molecule has 1 fully saturated rings. The van der Waals surface area contributed by atoms with Gasteiger partial charge in [-0.3, -0.25) is 9.59 Å². The SMILES string of the molecule is O=C(Nc1nnc(SCc2ccc(F)cc2)s1)[C@@H]1CC(=O)N(c2ccc3c(c2)OCCO3)C1. The summed E-state index contributed by atoms with van der Waals surface area (Å²) in [6.45, 7) is 1.23. The summed E-state index contributed by atoms with van der Waals surface area (Å²) in [6, 6.07) is 11.6. The molecule has 11 heteroatoms. The van der Waals surface area contributed by atoms with Crippen LogP contribution in [0.4, 0.5) is 15.2 Å². The van der Waals surface area contributed by atoms with Crippen LogP contribution in [0.2, 0.25) is 0 Å². The van der Waals surface area contributed by atoms with Crippen LogP contribution >= 0.6 is 23.1 Å². The van der Waals surface area contributed by atoms with Crippen molar-refractivity contribution in [2.75, 3.05) is 30.0 Å². The van der Waals surface area contributed by atoms with Gasteiger partial charge in [0, 0.05) is 30.5 Å². The van der Waals surface area contributed by atoms with Crippen molar-refractivity contribution < 1.29 is 23.5 Å². The number of nitrogens with one attached hydrogen (secondary N) is 1. The van der Waals surface area contributed by atoms with Crippen molar-refractivity contribution in [3.05, 3.63) is 53.8 Å². The number of aromatic nitrogens is 2. The fourth-order valence-corrected chi connectivity index (χ4v) is 5.30. The van der Waals surface area contributed by atoms with Crippen molar-refractivity contribution in [3.8, 4) is 11.5 Å². The van der Waals surface area contributed by atoms with E-state index in [4.69, 9.17) is 9.47 Å². The Morgan fingerprint density at radius 2 is 1.94 bits per heavy atom. The summed E-state index contributed by atoms with van der Waals surface area (Å²) >= 11 is 2.72. The average molecular weight is 487 g/mol. The summed E-state index contributed by atoms with van der Waals surface area (Å²) in [5.74, 6) is 0.695. The van der Waals surface area contributed by atoms with Gasteiger partial charge in [0.05, 0.1) is 5.92 Å². The molecular formula is C22H19FN4O4S2. The summed E-state index contributed by atoms with van der Waals surface area (Å²) in [5, 5.41) is 11.3. The summed E-state index contributed by atoms with van der Waals surface area (Å²) in [6.07, 6.45) is 0.116. The second kappa shape index (κ2) is 9.36. The molecule has 2 amide bonds. The van der Waals surface area contributed by atoms with Gasteiger partial charge in [-0.15, -0.1) is 10.2 Å². The molecule has 2 aliphatic rings. The van der Waals surface area contributed by atoms with Gasteiger partial charge in [-0.2, -0.15) is 0 Å². The van der Waals surface area contributed by atoms with Crippen molar-refractivity contribution >= 4 is 45.7 Å². The minimum Gasteiger partial charge on any atom is -0.486 e. The van der Waals surface area contributed by atoms with Gasteiger partial charge >= 0.3 is 0 Å². The van der Waals surface area contributed by atoms with Crippen LogP contribution in [0, 0.1) is 11.7 Å². The maximum atomic E-state index is 13.0. The number of anilines is 2. The minimum atomic E-state index is -0.495. The van der Waals surface area contributed by atoms with E-state index in [0.717, 1.165) is 5.56 Å². The lowest BCUT2D eigenvalue weighted by Crippen LogP contribution is -2.28. The minimum absolute atomic E-state index is 0.116. The number of fused-ring (bicyclic) bond motifs is 1. The van der Waals surface area contributed by atoms with E-state index in [0.29, 0.717) is 45.6 Å². The third-order valence-electron chi connectivity index (χ3n) is 5.25. The normalized spacial score (nSPS) is 17.3. The standard InChI is InChI=1S/C22H19FN4O4S2/c23-15-3-1-13(2-4-15)12-32-22-26-25-21(33-22)24-20(29)14-9-19(28)27(11-14)16-5-6-17-18(10-16)31-8-7-30-17/h1-6,10,14H,7-9,11-12H2,(H,24,25,29)/t14-/m1/s1. The molecule has 33 heavy (non-hydrogen) atoms. The first-order valence-electron chi connectivity index (χ1n) is 10.3. The van der Waals surface area contributed by atoms with E-state index in [9.17, 15) is 14.0 Å². The third-order valence-corrected chi connectivity index (χ3v) is 7.29. The number of halogens is 1. The third kappa shape index (κ3) is 4.93. The van der Waals surface area contributed by atoms with Gasteiger partial charge in [-0.05, 0) is 29.8 Å². The van der Waals surface area contributed by atoms with Crippen molar-refractivity contribution in [1.82, 2.24) is 10.2 Å². The number of amides is 2. The molecule has 3 heterocycles. The first-order chi connectivity index (χ1) is 16.0. The molecule has 1 N–H and O–H groups in total. The van der Waals surface area contributed by atoms with Gasteiger partial charge < -0.3 is 19.7 Å². The molecule has 1 atom stereocenters. The highest BCUT2D eigenvalue weighted by molar-refractivity contribution is 8.00. The number of carbonyl (C=O) groups is 2. The zero-order valence-corrected chi connectivity index (χ0v) is 19.0. The number of rotatable bonds is 6. The Balaban J connectivity index is 1.18. The second-order valence-corrected chi connectivity index (χ2v) is 9.71. The smallest absolute Gasteiger partial charge is 0.231 e. The van der Waals surface area contributed by atoms with E-state index in [2.05, 4.69) is 15.5 Å². The van der Waals surface area contributed by atoms with E-state index in [1.807, 2.05) is 0 Å². The molecule has 0 radical (unpaired) electrons. The average Bonchev–Trinajstić information content (AvgIpc) is 3.44. The lowest BCUT2D eigenvalue weighted by atomic mass is 10.1. The van der Waals surface area contributed by atoms with Gasteiger partial charge in [0.15, 0.2) is 15.8 Å². The molecule has 0 unspecified atom stereocenters. The molecular weight excluding hydrogens is 467 g/mol. The molecule has 2 aromatic carbocycles. The Labute approximate surface area is 197 Å². The maximum absolute atomic E-state index is 13.0. The highest BCUT2D eigenvalue weighted by atomic mass is 32.2. The van der Waals surface area contributed by atoms with E-state index < -0.39 is 5.92 Å². The Morgan fingerprint density at radius 3 is 2.76 bits per heavy atom. The molecule has 8 nitrogen and oxygen atoms in total. The number of hydrogen-bond donors (Lipinski definition) is 1. The van der Waals surface area contributed by atoms with E-state index >= 15 is 0 Å². The first-order valence-corrected chi connectivity index (χ1v) is 12.1. The van der Waals surface area contributed by atoms with Crippen LogP contribution < -0.4 is 19.7 Å². The molecule has 0 aliphatic carbocycles. The highest BCUT2D eigenvalue weighted by Crippen LogP contribution is 2.36. The van der Waals surface area contributed by atoms with E-state index in [1.54, 1.807) is 35.2 Å². The molecule has 5 rings (SSSR count). The topological polar surface area (TPSA) is 93.7 Å². The lowest BCUT2D eigenvalue weighted by molar-refractivity contribution is -0.122. The van der Waals surface area contributed by atoms with Crippen LogP contribution in [0.15, 0.2) is 46.8 Å². The number of ether oxygens (including phenoxy) is 2. The number of benzene rings is 2. The number of carbonyl (C=O) groups excluding carboxylic acids is 2. The van der Waals surface area contributed by atoms with Gasteiger partial charge in [0.25, 0.3) is 0 Å². The van der Waals surface area contributed by atoms with Crippen LogP contribution in [0.25, 0.3) is 0 Å². The molecule has 0 spiro atoms. The highest BCUT2D eigenvalue weighted by Gasteiger charge is 2.36. The fraction of sp³-hybridized carbons (Fsp3) is 0.273. The largest absolute Gasteiger partial charge is 0.486 e. The van der Waals surface area contributed by atoms with Crippen molar-refractivity contribution in [1.29, 1.82) is 0 Å². The zero-order chi connectivity index (χ0) is 22.8. The monoisotopic (exact) mass is 486 g/mol. The van der Waals surface area contributed by atoms with Crippen LogP contribution in [-0.4, -0.2) is 41.8 Å². The second-order valence-electron chi connectivity index (χ2n) is 7.51. The predicted molar refractivity (Wildman–Crippen MR) is 122 cm³/mol. The lowest BCUT2D eigenvalue weighted by Gasteiger charge is -2.22. The quantitative estimate of drug-likeness (QED) is 0.419. The zero-order valence-electron chi connectivity index (χ0n) is 17.3. The fourth-order valence-electron chi connectivity index (χ4n) is 3.58. The molecule has 3 aromatic rings. The summed E-state index contributed by atoms with van der Waals surface area (Å²) in [4.78, 5) is 26.9. The van der Waals surface area contributed by atoms with Gasteiger partial charge in [0.1, 0.15) is 19.0 Å². The Kier molecular flexibility index (Phi) is 6.14. The number of thioether (sulfide) groups is 1. The predicted octanol–water partition coefficient (Wildman–Crippen LogP) is 3.73. The van der Waals surface area contributed by atoms with E-state index in [-0.39, 0.29) is 30.6 Å². The summed E-state index contributed by atoms with van der Waals surface area (Å²) in [7, 11) is 0. The summed E-state index contributed by atoms with van der Waals surface area (Å²) < 4.78 is 24.8. The van der Waals surface area contributed by atoms with Crippen molar-refractivity contribution in [2.45, 2.75) is 16.5 Å². The Hall–Kier alpha value is -3.18. The number of nitrogens with zero attached hydrogens (tertiary/aromatic N) is 3. The Morgan fingerprint density at radius 1 is 1.15 bits per heavy atom. The first kappa shape index (κ1) is 21.7. The van der Waals surface area contributed by atoms with Gasteiger partial charge in [-0.1, -0.05) is 35.2 Å². The van der Waals surface area contributed by atoms with E-state index in [1.165, 1.54) is 35.2 Å². The molecule has 0 bridgehead atoms. The number of hydrogen-bond acceptors (Lipinski definition) is 8. The van der Waals surface area contributed by atoms with Crippen LogP contribution in [0.5, 0.6) is 11.5 Å². The summed E-state index contributed by atoms with van der Waals surface area (Å²) in [5.41, 5.74) is 1.64. The van der Waals surface area contributed by atoms with Crippen LogP contribution in [0.3, 0.4) is 0 Å². The van der Waals surface area contributed by atoms with Crippen molar-refractivity contribution in [3.63, 3.8) is 0 Å². The van der Waals surface area contributed by atoms with Gasteiger partial charge in [0.2, 0.25) is 16.9 Å². The Bertz CT molecular complexity index is 1190. The van der Waals surface area contributed by atoms with Crippen LogP contribution in [-0.2, 0) is 15.3 Å². The van der Waals surface area contributed by atoms with Crippen molar-refractivity contribution in [2.24, 2.45) is 5.92 Å². The maximum Gasteiger partial charge on any atom is 0.231 e. The molecule has 1 aromatic heterocycles. The molecule has 1 saturated heterocycles.